The van der Waals surface area contributed by atoms with E-state index < -0.39 is 0 Å². The third-order valence-corrected chi connectivity index (χ3v) is 8.40. The van der Waals surface area contributed by atoms with Crippen molar-refractivity contribution in [3.63, 3.8) is 0 Å². The number of rotatable bonds is 12. The van der Waals surface area contributed by atoms with E-state index in [2.05, 4.69) is 123 Å². The Morgan fingerprint density at radius 3 is 1.26 bits per heavy atom. The highest BCUT2D eigenvalue weighted by Crippen LogP contribution is 2.42. The van der Waals surface area contributed by atoms with Crippen molar-refractivity contribution >= 4 is 22.7 Å². The van der Waals surface area contributed by atoms with Crippen LogP contribution in [0.1, 0.15) is 54.7 Å². The molecular formula is C42H52N4. The first-order valence-corrected chi connectivity index (χ1v) is 15.6. The normalized spacial score (nSPS) is 12.1. The molecule has 0 aliphatic heterocycles. The Labute approximate surface area is 278 Å². The van der Waals surface area contributed by atoms with Crippen molar-refractivity contribution in [2.24, 2.45) is 0 Å². The van der Waals surface area contributed by atoms with Crippen LogP contribution in [0.15, 0.2) is 136 Å². The van der Waals surface area contributed by atoms with Gasteiger partial charge in [0.25, 0.3) is 0 Å². The molecule has 0 amide bonds. The fourth-order valence-corrected chi connectivity index (χ4v) is 6.09. The highest BCUT2D eigenvalue weighted by molar-refractivity contribution is 5.60. The minimum absolute atomic E-state index is 0. The molecule has 0 unspecified atom stereocenters. The third-order valence-electron chi connectivity index (χ3n) is 8.40. The van der Waals surface area contributed by atoms with Gasteiger partial charge in [0, 0.05) is 54.3 Å². The molecule has 0 bridgehead atoms. The lowest BCUT2D eigenvalue weighted by Crippen LogP contribution is -2.27. The number of fused-ring (bicyclic) bond motifs is 2. The maximum Gasteiger partial charge on any atom is 0.0372 e. The minimum atomic E-state index is -0.0341. The molecule has 0 atom stereocenters. The first-order valence-electron chi connectivity index (χ1n) is 15.6. The Hall–Kier alpha value is -4.96. The molecule has 1 aliphatic carbocycles. The molecule has 0 saturated heterocycles. The summed E-state index contributed by atoms with van der Waals surface area (Å²) in [5, 5.41) is 0. The molecule has 0 heterocycles. The fraction of sp³-hybridized carbons (Fsp3) is 0.238. The summed E-state index contributed by atoms with van der Waals surface area (Å²) in [6.45, 7) is 23.1. The van der Waals surface area contributed by atoms with Gasteiger partial charge >= 0.3 is 0 Å². The molecule has 0 saturated carbocycles. The highest BCUT2D eigenvalue weighted by atomic mass is 15.1. The van der Waals surface area contributed by atoms with Crippen molar-refractivity contribution in [1.29, 1.82) is 0 Å². The zero-order valence-electron chi connectivity index (χ0n) is 27.0. The zero-order chi connectivity index (χ0) is 32.4. The number of benzene rings is 4. The average molecular weight is 613 g/mol. The highest BCUT2D eigenvalue weighted by Gasteiger charge is 2.32. The van der Waals surface area contributed by atoms with E-state index in [1.807, 2.05) is 36.4 Å². The molecule has 5 rings (SSSR count). The van der Waals surface area contributed by atoms with E-state index in [1.165, 1.54) is 44.8 Å². The van der Waals surface area contributed by atoms with Gasteiger partial charge in [0.2, 0.25) is 0 Å². The lowest BCUT2D eigenvalue weighted by molar-refractivity contribution is 0.611. The van der Waals surface area contributed by atoms with Gasteiger partial charge in [-0.1, -0.05) is 82.0 Å². The van der Waals surface area contributed by atoms with E-state index in [9.17, 15) is 0 Å². The van der Waals surface area contributed by atoms with Gasteiger partial charge in [-0.05, 0) is 94.8 Å². The second-order valence-electron chi connectivity index (χ2n) is 12.1. The quantitative estimate of drug-likeness (QED) is 0.124. The van der Waals surface area contributed by atoms with Gasteiger partial charge in [-0.2, -0.15) is 0 Å². The molecule has 4 N–H and O–H groups in total. The molecule has 0 radical (unpaired) electrons. The summed E-state index contributed by atoms with van der Waals surface area (Å²) in [6.07, 6.45) is 9.56. The van der Waals surface area contributed by atoms with Crippen molar-refractivity contribution < 1.29 is 0 Å². The van der Waals surface area contributed by atoms with Crippen LogP contribution in [0.25, 0.3) is 0 Å². The number of nitrogens with two attached hydrogens (primary N) is 2. The average Bonchev–Trinajstić information content (AvgIpc) is 3.03. The van der Waals surface area contributed by atoms with Crippen LogP contribution in [0.4, 0.5) is 22.7 Å². The van der Waals surface area contributed by atoms with E-state index in [4.69, 9.17) is 11.5 Å². The molecule has 4 nitrogen and oxygen atoms in total. The largest absolute Gasteiger partial charge is 0.399 e. The van der Waals surface area contributed by atoms with Crippen LogP contribution in [0.3, 0.4) is 0 Å². The van der Waals surface area contributed by atoms with E-state index >= 15 is 0 Å². The summed E-state index contributed by atoms with van der Waals surface area (Å²) >= 11 is 0. The van der Waals surface area contributed by atoms with E-state index in [0.29, 0.717) is 0 Å². The predicted octanol–water partition coefficient (Wildman–Crippen LogP) is 9.35. The molecule has 0 fully saturated rings. The van der Waals surface area contributed by atoms with Crippen LogP contribution < -0.4 is 21.3 Å². The number of nitrogens with zero attached hydrogens (tertiary/aromatic N) is 2. The monoisotopic (exact) mass is 612 g/mol. The summed E-state index contributed by atoms with van der Waals surface area (Å²) in [6, 6.07) is 29.9. The third kappa shape index (κ3) is 8.60. The van der Waals surface area contributed by atoms with Gasteiger partial charge in [0.05, 0.1) is 0 Å². The topological polar surface area (TPSA) is 58.5 Å². The summed E-state index contributed by atoms with van der Waals surface area (Å²) < 4.78 is 0. The molecule has 46 heavy (non-hydrogen) atoms. The van der Waals surface area contributed by atoms with Gasteiger partial charge in [0.1, 0.15) is 0 Å². The van der Waals surface area contributed by atoms with E-state index in [1.54, 1.807) is 0 Å². The van der Waals surface area contributed by atoms with Crippen molar-refractivity contribution in [1.82, 2.24) is 0 Å². The first-order chi connectivity index (χ1) is 21.7. The molecule has 4 heteroatoms. The van der Waals surface area contributed by atoms with Gasteiger partial charge in [-0.25, -0.2) is 0 Å². The van der Waals surface area contributed by atoms with E-state index in [-0.39, 0.29) is 12.8 Å². The van der Waals surface area contributed by atoms with Crippen LogP contribution in [-0.4, -0.2) is 26.2 Å². The van der Waals surface area contributed by atoms with Crippen molar-refractivity contribution in [2.75, 3.05) is 47.4 Å². The van der Waals surface area contributed by atoms with Gasteiger partial charge in [0.15, 0.2) is 0 Å². The van der Waals surface area contributed by atoms with Crippen molar-refractivity contribution in [3.8, 4) is 0 Å². The molecule has 4 aromatic carbocycles. The SMILES string of the molecule is C.C=CCN(CC=C)c1ccc(Cc2ccc(N(CC=C)CC=C)cc2)cc1.CC1(C)c2cc(N)ccc2Cc2ccc(N)cc21. The second-order valence-corrected chi connectivity index (χ2v) is 12.1. The van der Waals surface area contributed by atoms with E-state index in [0.717, 1.165) is 50.4 Å². The van der Waals surface area contributed by atoms with Crippen LogP contribution >= 0.6 is 0 Å². The Balaban J connectivity index is 0.000000263. The molecular weight excluding hydrogens is 560 g/mol. The summed E-state index contributed by atoms with van der Waals surface area (Å²) in [7, 11) is 0. The Bertz CT molecular complexity index is 1470. The zero-order valence-corrected chi connectivity index (χ0v) is 27.0. The molecule has 0 aromatic heterocycles. The van der Waals surface area contributed by atoms with Gasteiger partial charge in [-0.15, -0.1) is 26.3 Å². The van der Waals surface area contributed by atoms with Crippen LogP contribution in [0.5, 0.6) is 0 Å². The summed E-state index contributed by atoms with van der Waals surface area (Å²) in [5.74, 6) is 0. The Morgan fingerprint density at radius 1 is 0.587 bits per heavy atom. The van der Waals surface area contributed by atoms with Crippen LogP contribution in [-0.2, 0) is 18.3 Å². The van der Waals surface area contributed by atoms with Gasteiger partial charge in [-0.3, -0.25) is 0 Å². The lowest BCUT2D eigenvalue weighted by atomic mass is 9.69. The molecule has 240 valence electrons. The molecule has 0 spiro atoms. The number of anilines is 4. The summed E-state index contributed by atoms with van der Waals surface area (Å²) in [5.41, 5.74) is 23.8. The smallest absolute Gasteiger partial charge is 0.0372 e. The number of hydrogen-bond acceptors (Lipinski definition) is 4. The minimum Gasteiger partial charge on any atom is -0.399 e. The number of hydrogen-bond donors (Lipinski definition) is 2. The Morgan fingerprint density at radius 2 is 0.935 bits per heavy atom. The number of nitrogen functional groups attached to an aromatic ring is 2. The van der Waals surface area contributed by atoms with Gasteiger partial charge < -0.3 is 21.3 Å². The van der Waals surface area contributed by atoms with Crippen LogP contribution in [0, 0.1) is 0 Å². The van der Waals surface area contributed by atoms with Crippen molar-refractivity contribution in [2.45, 2.75) is 39.5 Å². The molecule has 4 aromatic rings. The predicted molar refractivity (Wildman–Crippen MR) is 204 cm³/mol. The molecule has 1 aliphatic rings. The summed E-state index contributed by atoms with van der Waals surface area (Å²) in [4.78, 5) is 4.48. The maximum absolute atomic E-state index is 5.93. The maximum atomic E-state index is 5.93. The second kappa shape index (κ2) is 16.4. The first kappa shape index (κ1) is 35.5. The standard InChI is InChI=1S/C25H30N2.C16H18N2.CH4/c1-5-17-26(18-6-2)24-13-9-22(10-14-24)21-23-11-15-25(16-12-23)27(19-7-3)20-8-4;1-16(2)14-8-12(17)5-3-10(14)7-11-4-6-13(18)9-15(11)16;/h5-16H,1-4,17-21H2;3-6,8-9H,7,17-18H2,1-2H3;1H4. The Kier molecular flexibility index (Phi) is 12.6. The van der Waals surface area contributed by atoms with Crippen molar-refractivity contribution in [3.05, 3.63) is 169 Å². The fourth-order valence-electron chi connectivity index (χ4n) is 6.09. The lowest BCUT2D eigenvalue weighted by Gasteiger charge is -2.35. The van der Waals surface area contributed by atoms with Crippen LogP contribution in [0.2, 0.25) is 0 Å².